The smallest absolute Gasteiger partial charge is 0.175 e. The number of aryl methyl sites for hydroxylation is 1. The van der Waals surface area contributed by atoms with E-state index in [-0.39, 0.29) is 4.90 Å². The second kappa shape index (κ2) is 8.23. The normalized spacial score (nSPS) is 19.7. The zero-order chi connectivity index (χ0) is 21.3. The van der Waals surface area contributed by atoms with E-state index in [0.717, 1.165) is 60.6 Å². The Labute approximate surface area is 176 Å². The summed E-state index contributed by atoms with van der Waals surface area (Å²) in [5.74, 6) is 1.57. The molecule has 0 amide bonds. The van der Waals surface area contributed by atoms with Gasteiger partial charge in [-0.3, -0.25) is 0 Å². The van der Waals surface area contributed by atoms with Gasteiger partial charge in [-0.25, -0.2) is 13.4 Å². The summed E-state index contributed by atoms with van der Waals surface area (Å²) in [7, 11) is -3.23. The van der Waals surface area contributed by atoms with Gasteiger partial charge in [0.2, 0.25) is 0 Å². The number of hydrogen-bond acceptors (Lipinski definition) is 7. The molecule has 0 radical (unpaired) electrons. The highest BCUT2D eigenvalue weighted by atomic mass is 32.2. The molecule has 1 saturated carbocycles. The van der Waals surface area contributed by atoms with Crippen LogP contribution in [0.15, 0.2) is 41.4 Å². The molecule has 3 aromatic rings. The number of rotatable bonds is 6. The van der Waals surface area contributed by atoms with Crippen LogP contribution in [0.3, 0.4) is 0 Å². The topological polar surface area (TPSA) is 114 Å². The van der Waals surface area contributed by atoms with Crippen LogP contribution in [0, 0.1) is 0 Å². The van der Waals surface area contributed by atoms with Gasteiger partial charge in [0.1, 0.15) is 11.6 Å². The van der Waals surface area contributed by atoms with Crippen molar-refractivity contribution in [2.24, 2.45) is 5.73 Å². The van der Waals surface area contributed by atoms with Gasteiger partial charge in [0, 0.05) is 35.7 Å². The van der Waals surface area contributed by atoms with E-state index in [2.05, 4.69) is 22.7 Å². The molecular formula is C21H28N6O2S. The van der Waals surface area contributed by atoms with Crippen LogP contribution in [0.5, 0.6) is 0 Å². The molecule has 0 saturated heterocycles. The molecule has 1 aliphatic rings. The highest BCUT2D eigenvalue weighted by Crippen LogP contribution is 2.26. The fourth-order valence-electron chi connectivity index (χ4n) is 3.83. The van der Waals surface area contributed by atoms with Crippen LogP contribution in [0.4, 0.5) is 17.3 Å². The van der Waals surface area contributed by atoms with Crippen molar-refractivity contribution >= 4 is 32.8 Å². The molecule has 8 nitrogen and oxygen atoms in total. The Bertz CT molecular complexity index is 1130. The Hall–Kier alpha value is -2.65. The summed E-state index contributed by atoms with van der Waals surface area (Å²) in [5.41, 5.74) is 8.69. The summed E-state index contributed by atoms with van der Waals surface area (Å²) in [6.07, 6.45) is 7.97. The monoisotopic (exact) mass is 428 g/mol. The quantitative estimate of drug-likeness (QED) is 0.552. The number of sulfone groups is 1. The lowest BCUT2D eigenvalue weighted by atomic mass is 9.92. The Kier molecular flexibility index (Phi) is 5.66. The van der Waals surface area contributed by atoms with Gasteiger partial charge in [-0.2, -0.15) is 9.61 Å². The lowest BCUT2D eigenvalue weighted by Gasteiger charge is -2.27. The average molecular weight is 429 g/mol. The summed E-state index contributed by atoms with van der Waals surface area (Å²) >= 11 is 0. The van der Waals surface area contributed by atoms with Crippen molar-refractivity contribution in [3.63, 3.8) is 0 Å². The van der Waals surface area contributed by atoms with Crippen LogP contribution in [-0.2, 0) is 16.3 Å². The minimum atomic E-state index is -3.23. The standard InChI is InChI=1S/C21H28N6O2S/c1-3-14-13-23-27-20(25-17-8-10-18(11-9-17)30(2,28)29)12-19(26-21(14)27)24-16-6-4-15(22)5-7-16/h8-13,15-16,25H,3-7,22H2,1-2H3,(H,24,26). The number of hydrogen-bond donors (Lipinski definition) is 3. The average Bonchev–Trinajstić information content (AvgIpc) is 3.13. The first-order valence-electron chi connectivity index (χ1n) is 10.3. The predicted octanol–water partition coefficient (Wildman–Crippen LogP) is 3.12. The van der Waals surface area contributed by atoms with E-state index in [4.69, 9.17) is 10.7 Å². The number of nitrogens with zero attached hydrogens (tertiary/aromatic N) is 3. The zero-order valence-corrected chi connectivity index (χ0v) is 18.1. The second-order valence-electron chi connectivity index (χ2n) is 7.96. The van der Waals surface area contributed by atoms with Gasteiger partial charge in [-0.05, 0) is 56.4 Å². The third-order valence-electron chi connectivity index (χ3n) is 5.60. The second-order valence-corrected chi connectivity index (χ2v) is 9.98. The van der Waals surface area contributed by atoms with Gasteiger partial charge in [-0.1, -0.05) is 6.92 Å². The number of fused-ring (bicyclic) bond motifs is 1. The number of benzene rings is 1. The fourth-order valence-corrected chi connectivity index (χ4v) is 4.46. The summed E-state index contributed by atoms with van der Waals surface area (Å²) in [5, 5.41) is 11.4. The Morgan fingerprint density at radius 2 is 1.87 bits per heavy atom. The lowest BCUT2D eigenvalue weighted by Crippen LogP contribution is -2.33. The van der Waals surface area contributed by atoms with Crippen molar-refractivity contribution in [1.82, 2.24) is 14.6 Å². The summed E-state index contributed by atoms with van der Waals surface area (Å²) in [4.78, 5) is 5.10. The molecule has 1 fully saturated rings. The number of nitrogens with one attached hydrogen (secondary N) is 2. The summed E-state index contributed by atoms with van der Waals surface area (Å²) in [6.45, 7) is 2.08. The van der Waals surface area contributed by atoms with Crippen molar-refractivity contribution in [3.05, 3.63) is 42.1 Å². The number of anilines is 3. The lowest BCUT2D eigenvalue weighted by molar-refractivity contribution is 0.410. The molecule has 4 rings (SSSR count). The maximum atomic E-state index is 11.7. The van der Waals surface area contributed by atoms with E-state index in [0.29, 0.717) is 12.1 Å². The van der Waals surface area contributed by atoms with Crippen LogP contribution in [-0.4, -0.2) is 41.4 Å². The molecule has 0 aliphatic heterocycles. The minimum absolute atomic E-state index is 0.290. The van der Waals surface area contributed by atoms with Gasteiger partial charge in [0.25, 0.3) is 0 Å². The van der Waals surface area contributed by atoms with Gasteiger partial charge < -0.3 is 16.4 Å². The molecule has 0 unspecified atom stereocenters. The van der Waals surface area contributed by atoms with E-state index in [1.807, 2.05) is 12.3 Å². The van der Waals surface area contributed by atoms with Crippen LogP contribution in [0.25, 0.3) is 5.65 Å². The molecule has 160 valence electrons. The Morgan fingerprint density at radius 1 is 1.17 bits per heavy atom. The zero-order valence-electron chi connectivity index (χ0n) is 17.3. The van der Waals surface area contributed by atoms with E-state index in [1.54, 1.807) is 28.8 Å². The Balaban J connectivity index is 1.65. The van der Waals surface area contributed by atoms with E-state index >= 15 is 0 Å². The van der Waals surface area contributed by atoms with E-state index in [1.165, 1.54) is 6.26 Å². The molecule has 0 atom stereocenters. The maximum absolute atomic E-state index is 11.7. The maximum Gasteiger partial charge on any atom is 0.175 e. The Morgan fingerprint density at radius 3 is 2.50 bits per heavy atom. The molecule has 9 heteroatoms. The van der Waals surface area contributed by atoms with Crippen molar-refractivity contribution in [1.29, 1.82) is 0 Å². The molecule has 2 heterocycles. The number of aromatic nitrogens is 3. The van der Waals surface area contributed by atoms with Gasteiger partial charge in [0.15, 0.2) is 15.5 Å². The van der Waals surface area contributed by atoms with Crippen LogP contribution < -0.4 is 16.4 Å². The number of nitrogens with two attached hydrogens (primary N) is 1. The molecule has 2 aromatic heterocycles. The highest BCUT2D eigenvalue weighted by molar-refractivity contribution is 7.90. The first kappa shape index (κ1) is 20.6. The van der Waals surface area contributed by atoms with Crippen molar-refractivity contribution < 1.29 is 8.42 Å². The first-order valence-corrected chi connectivity index (χ1v) is 12.2. The highest BCUT2D eigenvalue weighted by Gasteiger charge is 2.20. The van der Waals surface area contributed by atoms with Crippen LogP contribution in [0.1, 0.15) is 38.2 Å². The molecule has 4 N–H and O–H groups in total. The van der Waals surface area contributed by atoms with Gasteiger partial charge in [0.05, 0.1) is 11.1 Å². The third kappa shape index (κ3) is 4.41. The molecule has 0 spiro atoms. The van der Waals surface area contributed by atoms with Crippen molar-refractivity contribution in [2.75, 3.05) is 16.9 Å². The van der Waals surface area contributed by atoms with E-state index < -0.39 is 9.84 Å². The molecule has 1 aromatic carbocycles. The molecule has 30 heavy (non-hydrogen) atoms. The van der Waals surface area contributed by atoms with Gasteiger partial charge >= 0.3 is 0 Å². The molecule has 1 aliphatic carbocycles. The molecular weight excluding hydrogens is 400 g/mol. The largest absolute Gasteiger partial charge is 0.367 e. The minimum Gasteiger partial charge on any atom is -0.367 e. The summed E-state index contributed by atoms with van der Waals surface area (Å²) < 4.78 is 25.2. The van der Waals surface area contributed by atoms with Gasteiger partial charge in [-0.15, -0.1) is 0 Å². The fraction of sp³-hybridized carbons (Fsp3) is 0.429. The first-order chi connectivity index (χ1) is 14.3. The van der Waals surface area contributed by atoms with Crippen LogP contribution >= 0.6 is 0 Å². The molecule has 0 bridgehead atoms. The summed E-state index contributed by atoms with van der Waals surface area (Å²) in [6, 6.07) is 9.30. The van der Waals surface area contributed by atoms with Crippen molar-refractivity contribution in [3.8, 4) is 0 Å². The van der Waals surface area contributed by atoms with Crippen molar-refractivity contribution in [2.45, 2.75) is 56.0 Å². The van der Waals surface area contributed by atoms with Crippen LogP contribution in [0.2, 0.25) is 0 Å². The van der Waals surface area contributed by atoms with E-state index in [9.17, 15) is 8.42 Å². The SMILES string of the molecule is CCc1cnn2c(Nc3ccc(S(C)(=O)=O)cc3)cc(NC3CCC(N)CC3)nc12. The third-order valence-corrected chi connectivity index (χ3v) is 6.73. The predicted molar refractivity (Wildman–Crippen MR) is 119 cm³/mol.